The van der Waals surface area contributed by atoms with Gasteiger partial charge in [-0.15, -0.1) is 0 Å². The third-order valence-corrected chi connectivity index (χ3v) is 8.55. The van der Waals surface area contributed by atoms with Crippen molar-refractivity contribution in [1.82, 2.24) is 9.55 Å². The number of phosphoric ester groups is 2. The Morgan fingerprint density at radius 3 is 2.24 bits per heavy atom. The maximum Gasteiger partial charge on any atom is 1.00 e. The number of hydrogen-bond acceptors (Lipinski definition) is 15. The minimum absolute atomic E-state index is 0. The largest absolute Gasteiger partial charge is 1.00 e. The third-order valence-electron chi connectivity index (χ3n) is 5.99. The molecular formula is C24H35N6NaO12P2. The van der Waals surface area contributed by atoms with Crippen LogP contribution in [-0.2, 0) is 32.0 Å². The van der Waals surface area contributed by atoms with E-state index in [9.17, 15) is 38.7 Å². The van der Waals surface area contributed by atoms with E-state index in [1.165, 1.54) is 11.1 Å². The predicted molar refractivity (Wildman–Crippen MR) is 152 cm³/mol. The van der Waals surface area contributed by atoms with Crippen LogP contribution in [0.3, 0.4) is 0 Å². The molecule has 1 saturated heterocycles. The zero-order valence-corrected chi connectivity index (χ0v) is 29.2. The van der Waals surface area contributed by atoms with Gasteiger partial charge in [-0.3, -0.25) is 18.5 Å². The van der Waals surface area contributed by atoms with Crippen LogP contribution in [0.4, 0.5) is 11.5 Å². The fourth-order valence-corrected chi connectivity index (χ4v) is 5.80. The Hall–Kier alpha value is -1.86. The number of quaternary nitrogens is 1. The van der Waals surface area contributed by atoms with Crippen LogP contribution in [0.15, 0.2) is 52.5 Å². The van der Waals surface area contributed by atoms with Crippen LogP contribution in [0.2, 0.25) is 0 Å². The number of hydrazone groups is 1. The molecule has 18 nitrogen and oxygen atoms in total. The molecule has 6 atom stereocenters. The predicted octanol–water partition coefficient (Wildman–Crippen LogP) is -4.06. The van der Waals surface area contributed by atoms with Gasteiger partial charge in [0.15, 0.2) is 6.23 Å². The molecule has 21 heteroatoms. The summed E-state index contributed by atoms with van der Waals surface area (Å²) in [5, 5.41) is 25.8. The average Bonchev–Trinajstić information content (AvgIpc) is 3.39. The molecule has 4 rings (SSSR count). The molecule has 0 aliphatic carbocycles. The van der Waals surface area contributed by atoms with E-state index in [4.69, 9.17) is 10.5 Å². The Labute approximate surface area is 281 Å². The van der Waals surface area contributed by atoms with Crippen LogP contribution < -0.4 is 55.8 Å². The van der Waals surface area contributed by atoms with Gasteiger partial charge >= 0.3 is 35.2 Å². The maximum absolute atomic E-state index is 11.9. The number of amides is 1. The number of aliphatic hydroxyl groups excluding tert-OH is 2. The monoisotopic (exact) mass is 684 g/mol. The number of aliphatic hydroxyl groups is 2. The van der Waals surface area contributed by atoms with Crippen molar-refractivity contribution < 1.29 is 86.1 Å². The molecule has 1 aromatic heterocycles. The minimum Gasteiger partial charge on any atom is -0.756 e. The van der Waals surface area contributed by atoms with Crippen LogP contribution in [0.25, 0.3) is 0 Å². The third kappa shape index (κ3) is 12.0. The average molecular weight is 685 g/mol. The van der Waals surface area contributed by atoms with Crippen LogP contribution >= 0.6 is 15.6 Å². The number of benzene rings is 1. The SMILES string of the molecule is CC1=NN(c2ccccc2)C(=O)C1.C[N+](C)(C)CCOP(=O)([O-])OP(=O)([O-])OC[C@H]1O[C@@H](n2ccc(N)nc2=O)[C@H](O)[C@@H]1O.[Na+]. The Balaban J connectivity index is 0.000000418. The number of aromatic nitrogens is 2. The number of rotatable bonds is 11. The number of phosphoric acid groups is 2. The summed E-state index contributed by atoms with van der Waals surface area (Å²) < 4.78 is 42.9. The van der Waals surface area contributed by atoms with Crippen LogP contribution in [-0.4, -0.2) is 95.1 Å². The first-order valence-corrected chi connectivity index (χ1v) is 16.0. The number of para-hydroxylation sites is 1. The molecule has 0 spiro atoms. The molecule has 1 amide bonds. The van der Waals surface area contributed by atoms with E-state index in [1.807, 2.05) is 37.3 Å². The molecule has 0 bridgehead atoms. The second-order valence-electron chi connectivity index (χ2n) is 10.8. The van der Waals surface area contributed by atoms with Gasteiger partial charge in [-0.1, -0.05) is 18.2 Å². The van der Waals surface area contributed by atoms with E-state index in [0.717, 1.165) is 22.2 Å². The van der Waals surface area contributed by atoms with E-state index < -0.39 is 52.5 Å². The maximum atomic E-state index is 11.9. The zero-order valence-electron chi connectivity index (χ0n) is 25.4. The summed E-state index contributed by atoms with van der Waals surface area (Å²) in [5.74, 6) is -0.0342. The van der Waals surface area contributed by atoms with Gasteiger partial charge in [0.25, 0.3) is 21.6 Å². The van der Waals surface area contributed by atoms with Crippen molar-refractivity contribution in [3.05, 3.63) is 53.1 Å². The number of hydrogen-bond donors (Lipinski definition) is 3. The Morgan fingerprint density at radius 1 is 1.07 bits per heavy atom. The topological polar surface area (TPSA) is 251 Å². The molecule has 3 heterocycles. The molecule has 45 heavy (non-hydrogen) atoms. The molecular weight excluding hydrogens is 649 g/mol. The van der Waals surface area contributed by atoms with Gasteiger partial charge in [0.05, 0.1) is 39.9 Å². The van der Waals surface area contributed by atoms with Crippen molar-refractivity contribution in [2.75, 3.05) is 51.6 Å². The summed E-state index contributed by atoms with van der Waals surface area (Å²) in [7, 11) is -5.36. The number of nitrogens with two attached hydrogens (primary N) is 1. The van der Waals surface area contributed by atoms with E-state index in [2.05, 4.69) is 23.4 Å². The number of carbonyl (C=O) groups is 1. The van der Waals surface area contributed by atoms with Gasteiger partial charge in [0, 0.05) is 11.9 Å². The molecule has 244 valence electrons. The van der Waals surface area contributed by atoms with Crippen molar-refractivity contribution in [1.29, 1.82) is 0 Å². The van der Waals surface area contributed by atoms with Crippen molar-refractivity contribution >= 4 is 38.8 Å². The quantitative estimate of drug-likeness (QED) is 0.116. The Morgan fingerprint density at radius 2 is 1.69 bits per heavy atom. The number of ether oxygens (including phenoxy) is 1. The summed E-state index contributed by atoms with van der Waals surface area (Å²) in [6.07, 6.45) is -4.57. The van der Waals surface area contributed by atoms with Crippen LogP contribution in [0, 0.1) is 0 Å². The normalized spacial score (nSPS) is 24.1. The summed E-state index contributed by atoms with van der Waals surface area (Å²) in [4.78, 5) is 50.3. The number of carbonyl (C=O) groups excluding carboxylic acids is 1. The molecule has 2 aliphatic heterocycles. The molecule has 0 radical (unpaired) electrons. The van der Waals surface area contributed by atoms with Gasteiger partial charge < -0.3 is 44.0 Å². The minimum atomic E-state index is -5.43. The smallest absolute Gasteiger partial charge is 0.756 e. The Bertz CT molecular complexity index is 1490. The fraction of sp³-hybridized carbons (Fsp3) is 0.500. The summed E-state index contributed by atoms with van der Waals surface area (Å²) in [6.45, 7) is 0.875. The molecule has 4 N–H and O–H groups in total. The van der Waals surface area contributed by atoms with E-state index in [1.54, 1.807) is 21.1 Å². The van der Waals surface area contributed by atoms with Gasteiger partial charge in [-0.25, -0.2) is 14.1 Å². The first kappa shape index (κ1) is 39.3. The molecule has 1 aromatic carbocycles. The van der Waals surface area contributed by atoms with Crippen LogP contribution in [0.5, 0.6) is 0 Å². The Kier molecular flexibility index (Phi) is 14.2. The summed E-state index contributed by atoms with van der Waals surface area (Å²) >= 11 is 0. The zero-order chi connectivity index (χ0) is 32.9. The second-order valence-corrected chi connectivity index (χ2v) is 13.7. The van der Waals surface area contributed by atoms with Crippen molar-refractivity contribution in [2.24, 2.45) is 5.10 Å². The first-order valence-electron chi connectivity index (χ1n) is 13.1. The van der Waals surface area contributed by atoms with Crippen LogP contribution in [0.1, 0.15) is 19.6 Å². The van der Waals surface area contributed by atoms with Gasteiger partial charge in [-0.2, -0.15) is 10.1 Å². The fourth-order valence-electron chi connectivity index (χ4n) is 3.80. The molecule has 2 aliphatic rings. The van der Waals surface area contributed by atoms with Gasteiger partial charge in [-0.05, 0) is 25.1 Å². The second kappa shape index (κ2) is 16.3. The van der Waals surface area contributed by atoms with Gasteiger partial charge in [0.2, 0.25) is 0 Å². The summed E-state index contributed by atoms with van der Waals surface area (Å²) in [6, 6.07) is 10.7. The van der Waals surface area contributed by atoms with E-state index >= 15 is 0 Å². The molecule has 2 unspecified atom stereocenters. The molecule has 2 aromatic rings. The number of anilines is 2. The summed E-state index contributed by atoms with van der Waals surface area (Å²) in [5.41, 5.74) is 6.20. The first-order chi connectivity index (χ1) is 20.4. The number of nitrogens with zero attached hydrogens (tertiary/aromatic N) is 5. The standard InChI is InChI=1S/C14H26N4O11P2.C10H10N2O.Na/c1-18(2,3)6-7-26-30(22,23)29-31(24,25)27-8-9-11(19)12(20)13(28-9)17-5-4-10(15)16-14(17)21;1-8-7-10(13)12(11-8)9-5-3-2-4-6-9;/h4-5,9,11-13,19-20H,6-8H2,1-3H3,(H3-,15,16,21,22,23,24,25);2-6H,7H2,1H3;/q;;+1/p-1/t9-,11-,12-,13-;;/m1../s1. The van der Waals surface area contributed by atoms with E-state index in [-0.39, 0.29) is 54.4 Å². The molecule has 0 saturated carbocycles. The van der Waals surface area contributed by atoms with Crippen molar-refractivity contribution in [3.8, 4) is 0 Å². The van der Waals surface area contributed by atoms with Crippen molar-refractivity contribution in [3.63, 3.8) is 0 Å². The van der Waals surface area contributed by atoms with Crippen molar-refractivity contribution in [2.45, 2.75) is 37.9 Å². The van der Waals surface area contributed by atoms with E-state index in [0.29, 0.717) is 10.9 Å². The number of likely N-dealkylation sites (N-methyl/N-ethyl adjacent to an activating group) is 1. The van der Waals surface area contributed by atoms with Gasteiger partial charge in [0.1, 0.15) is 37.3 Å². The molecule has 1 fully saturated rings. The number of nitrogen functional groups attached to an aromatic ring is 1.